The van der Waals surface area contributed by atoms with Crippen molar-refractivity contribution in [3.05, 3.63) is 106 Å². The van der Waals surface area contributed by atoms with Crippen LogP contribution in [-0.4, -0.2) is 62.2 Å². The second-order valence-electron chi connectivity index (χ2n) is 10.4. The Hall–Kier alpha value is -4.11. The number of nitro groups is 1. The number of rotatable bonds is 6. The molecule has 1 aliphatic carbocycles. The maximum atomic E-state index is 11.8. The average molecular weight is 568 g/mol. The third-order valence-corrected chi connectivity index (χ3v) is 11.6. The van der Waals surface area contributed by atoms with Gasteiger partial charge in [0.25, 0.3) is 5.69 Å². The molecule has 11 heteroatoms. The van der Waals surface area contributed by atoms with Crippen molar-refractivity contribution in [2.75, 3.05) is 26.3 Å². The summed E-state index contributed by atoms with van der Waals surface area (Å²) in [5, 5.41) is 17.8. The Morgan fingerprint density at radius 3 is 2.37 bits per heavy atom. The average Bonchev–Trinajstić information content (AvgIpc) is 3.80. The molecule has 3 heterocycles. The lowest BCUT2D eigenvalue weighted by atomic mass is 10.2. The summed E-state index contributed by atoms with van der Waals surface area (Å²) in [5.74, 6) is 1.63. The lowest BCUT2D eigenvalue weighted by Crippen LogP contribution is -2.47. The molecule has 4 aromatic rings. The maximum absolute atomic E-state index is 11.8. The molecule has 0 N–H and O–H groups in total. The van der Waals surface area contributed by atoms with E-state index in [-0.39, 0.29) is 16.7 Å². The quantitative estimate of drug-likeness (QED) is 0.162. The van der Waals surface area contributed by atoms with Crippen molar-refractivity contribution >= 4 is 35.7 Å². The Balaban J connectivity index is 1.60. The van der Waals surface area contributed by atoms with Crippen molar-refractivity contribution in [1.82, 2.24) is 19.1 Å². The number of amidine groups is 1. The van der Waals surface area contributed by atoms with Gasteiger partial charge in [0.05, 0.1) is 40.5 Å². The van der Waals surface area contributed by atoms with E-state index >= 15 is 0 Å². The molecule has 10 nitrogen and oxygen atoms in total. The summed E-state index contributed by atoms with van der Waals surface area (Å²) < 4.78 is 18.3. The van der Waals surface area contributed by atoms with Crippen LogP contribution in [0.2, 0.25) is 0 Å². The second-order valence-corrected chi connectivity index (χ2v) is 13.2. The zero-order valence-electron chi connectivity index (χ0n) is 22.7. The third kappa shape index (κ3) is 4.48. The molecule has 1 saturated heterocycles. The van der Waals surface area contributed by atoms with Gasteiger partial charge in [0, 0.05) is 36.8 Å². The summed E-state index contributed by atoms with van der Waals surface area (Å²) in [6, 6.07) is 27.2. The molecule has 1 aromatic heterocycles. The Labute approximate surface area is 238 Å². The highest BCUT2D eigenvalue weighted by Crippen LogP contribution is 2.65. The molecule has 1 atom stereocenters. The number of fused-ring (bicyclic) bond motifs is 1. The normalized spacial score (nSPS) is 20.8. The van der Waals surface area contributed by atoms with Crippen molar-refractivity contribution in [1.29, 1.82) is 0 Å². The van der Waals surface area contributed by atoms with E-state index in [9.17, 15) is 10.1 Å². The first-order valence-electron chi connectivity index (χ1n) is 13.9. The largest absolute Gasteiger partial charge is 0.379 e. The molecule has 7 rings (SSSR count). The lowest BCUT2D eigenvalue weighted by molar-refractivity contribution is -0.384. The molecule has 0 spiro atoms. The van der Waals surface area contributed by atoms with Crippen LogP contribution in [0.3, 0.4) is 0 Å². The van der Waals surface area contributed by atoms with Gasteiger partial charge >= 0.3 is 0 Å². The highest BCUT2D eigenvalue weighted by atomic mass is 31.2. The van der Waals surface area contributed by atoms with Gasteiger partial charge in [-0.15, -0.1) is 0 Å². The van der Waals surface area contributed by atoms with Crippen molar-refractivity contribution in [3.8, 4) is 5.69 Å². The van der Waals surface area contributed by atoms with Crippen molar-refractivity contribution < 1.29 is 9.66 Å². The van der Waals surface area contributed by atoms with E-state index in [1.165, 1.54) is 6.07 Å². The zero-order chi connectivity index (χ0) is 28.0. The van der Waals surface area contributed by atoms with E-state index < -0.39 is 7.36 Å². The smallest absolute Gasteiger partial charge is 0.271 e. The van der Waals surface area contributed by atoms with Crippen LogP contribution in [0.25, 0.3) is 5.69 Å². The van der Waals surface area contributed by atoms with Gasteiger partial charge in [-0.1, -0.05) is 54.6 Å². The zero-order valence-corrected chi connectivity index (χ0v) is 23.6. The predicted octanol–water partition coefficient (Wildman–Crippen LogP) is 5.97. The number of nitro benzene ring substituents is 1. The fourth-order valence-electron chi connectivity index (χ4n) is 5.70. The monoisotopic (exact) mass is 567 g/mol. The highest BCUT2D eigenvalue weighted by molar-refractivity contribution is 7.70. The summed E-state index contributed by atoms with van der Waals surface area (Å²) in [7, 11) is -2.82. The van der Waals surface area contributed by atoms with Gasteiger partial charge in [-0.3, -0.25) is 10.1 Å². The molecule has 0 unspecified atom stereocenters. The molecule has 2 aliphatic heterocycles. The molecule has 0 bridgehead atoms. The topological polar surface area (TPSA) is 101 Å². The van der Waals surface area contributed by atoms with Crippen molar-refractivity contribution in [2.24, 2.45) is 9.74 Å². The Morgan fingerprint density at radius 1 is 0.976 bits per heavy atom. The summed E-state index contributed by atoms with van der Waals surface area (Å²) in [5.41, 5.74) is 3.39. The molecule has 208 valence electrons. The van der Waals surface area contributed by atoms with Gasteiger partial charge in [-0.25, -0.2) is 19.1 Å². The van der Waals surface area contributed by atoms with Crippen LogP contribution in [0.4, 0.5) is 17.2 Å². The number of para-hydroxylation sites is 1. The summed E-state index contributed by atoms with van der Waals surface area (Å²) >= 11 is 0. The van der Waals surface area contributed by atoms with Gasteiger partial charge in [-0.2, -0.15) is 5.10 Å². The number of aliphatic imine (C=N–C) groups is 1. The number of ether oxygens (including phenoxy) is 1. The van der Waals surface area contributed by atoms with E-state index in [0.29, 0.717) is 32.0 Å². The third-order valence-electron chi connectivity index (χ3n) is 7.64. The molecule has 41 heavy (non-hydrogen) atoms. The minimum Gasteiger partial charge on any atom is -0.379 e. The number of hydrogen-bond acceptors (Lipinski definition) is 6. The number of benzene rings is 3. The standard InChI is InChI=1S/C30H30N7O3P/c1-22-28-30(35(32-22)25-12-6-3-7-13-25)31-29(23-9-4-2-5-10-23)36(26-15-16-26)41(28,34-17-19-40-20-18-34)33-24-11-8-14-27(21-24)37(38)39/h2-14,21,26H,15-20H2,1H3/t41-/m0/s1. The van der Waals surface area contributed by atoms with Gasteiger partial charge < -0.3 is 9.41 Å². The Bertz CT molecular complexity index is 1690. The van der Waals surface area contributed by atoms with Crippen molar-refractivity contribution in [2.45, 2.75) is 25.8 Å². The van der Waals surface area contributed by atoms with Gasteiger partial charge in [0.1, 0.15) is 5.84 Å². The van der Waals surface area contributed by atoms with Crippen LogP contribution in [0.15, 0.2) is 94.7 Å². The van der Waals surface area contributed by atoms with E-state index in [1.807, 2.05) is 66.2 Å². The first kappa shape index (κ1) is 25.8. The molecule has 3 aromatic carbocycles. The number of hydrogen-bond donors (Lipinski definition) is 0. The van der Waals surface area contributed by atoms with Crippen LogP contribution in [0.1, 0.15) is 24.1 Å². The SMILES string of the molecule is Cc1nn(-c2ccccc2)c2c1[P@](=Nc1cccc([N+](=O)[O-])c1)(N1CCOCC1)N(C1CC1)C(c1ccccc1)=N2. The summed E-state index contributed by atoms with van der Waals surface area (Å²) in [6.07, 6.45) is 2.06. The summed E-state index contributed by atoms with van der Waals surface area (Å²) in [6.45, 7) is 4.58. The molecule has 0 amide bonds. The number of nitrogens with zero attached hydrogens (tertiary/aromatic N) is 7. The minimum absolute atomic E-state index is 0.0234. The van der Waals surface area contributed by atoms with Crippen LogP contribution in [-0.2, 0) is 4.74 Å². The minimum atomic E-state index is -2.82. The second kappa shape index (κ2) is 10.4. The molecule has 2 fully saturated rings. The number of morpholine rings is 1. The van der Waals surface area contributed by atoms with E-state index in [1.54, 1.807) is 12.1 Å². The van der Waals surface area contributed by atoms with Gasteiger partial charge in [0.15, 0.2) is 13.2 Å². The van der Waals surface area contributed by atoms with E-state index in [0.717, 1.165) is 46.7 Å². The molecule has 1 saturated carbocycles. The van der Waals surface area contributed by atoms with Crippen LogP contribution in [0, 0.1) is 17.0 Å². The van der Waals surface area contributed by atoms with Crippen molar-refractivity contribution in [3.63, 3.8) is 0 Å². The predicted molar refractivity (Wildman–Crippen MR) is 160 cm³/mol. The van der Waals surface area contributed by atoms with E-state index in [4.69, 9.17) is 19.6 Å². The lowest BCUT2D eigenvalue weighted by Gasteiger charge is -2.48. The summed E-state index contributed by atoms with van der Waals surface area (Å²) in [4.78, 5) is 16.8. The first-order chi connectivity index (χ1) is 20.1. The Kier molecular flexibility index (Phi) is 6.54. The van der Waals surface area contributed by atoms with Gasteiger partial charge in [-0.05, 0) is 38.0 Å². The maximum Gasteiger partial charge on any atom is 0.271 e. The van der Waals surface area contributed by atoms with Crippen LogP contribution >= 0.6 is 7.36 Å². The molecular formula is C30H30N7O3P. The highest BCUT2D eigenvalue weighted by Gasteiger charge is 2.51. The fourth-order valence-corrected chi connectivity index (χ4v) is 9.97. The van der Waals surface area contributed by atoms with E-state index in [2.05, 4.69) is 21.5 Å². The molecule has 3 aliphatic rings. The molecule has 0 radical (unpaired) electrons. The number of aryl methyl sites for hydroxylation is 1. The fraction of sp³-hybridized carbons (Fsp3) is 0.267. The van der Waals surface area contributed by atoms with Crippen LogP contribution < -0.4 is 5.30 Å². The van der Waals surface area contributed by atoms with Crippen LogP contribution in [0.5, 0.6) is 0 Å². The van der Waals surface area contributed by atoms with Gasteiger partial charge in [0.2, 0.25) is 0 Å². The first-order valence-corrected chi connectivity index (χ1v) is 15.5. The number of non-ortho nitro benzene ring substituents is 1. The Morgan fingerprint density at radius 2 is 1.68 bits per heavy atom. The molecular weight excluding hydrogens is 537 g/mol. The number of aromatic nitrogens is 2.